The molecule has 0 aliphatic rings. The van der Waals surface area contributed by atoms with Crippen molar-refractivity contribution in [2.45, 2.75) is 32.6 Å². The van der Waals surface area contributed by atoms with Gasteiger partial charge in [0.1, 0.15) is 0 Å². The Balaban J connectivity index is 2.09. The monoisotopic (exact) mass is 203 g/mol. The second-order valence-electron chi connectivity index (χ2n) is 3.80. The second-order valence-corrected chi connectivity index (χ2v) is 3.80. The van der Waals surface area contributed by atoms with Crippen LogP contribution in [-0.4, -0.2) is 15.2 Å². The molecule has 3 heteroatoms. The third-order valence-corrected chi connectivity index (χ3v) is 2.64. The van der Waals surface area contributed by atoms with Crippen LogP contribution in [0.25, 0.3) is 11.3 Å². The van der Waals surface area contributed by atoms with Crippen LogP contribution in [0.3, 0.4) is 0 Å². The van der Waals surface area contributed by atoms with Crippen molar-refractivity contribution in [3.05, 3.63) is 30.2 Å². The molecule has 2 aromatic heterocycles. The Kier molecular flexibility index (Phi) is 3.22. The van der Waals surface area contributed by atoms with Crippen molar-refractivity contribution >= 4 is 0 Å². The fourth-order valence-corrected chi connectivity index (χ4v) is 1.79. The van der Waals surface area contributed by atoms with E-state index in [2.05, 4.69) is 28.2 Å². The van der Waals surface area contributed by atoms with Gasteiger partial charge in [0.2, 0.25) is 0 Å². The lowest BCUT2D eigenvalue weighted by Crippen LogP contribution is -1.89. The summed E-state index contributed by atoms with van der Waals surface area (Å²) in [5.74, 6) is 0. The number of aromatic amines is 2. The van der Waals surface area contributed by atoms with Gasteiger partial charge in [0, 0.05) is 23.1 Å². The molecule has 15 heavy (non-hydrogen) atoms. The summed E-state index contributed by atoms with van der Waals surface area (Å²) < 4.78 is 0. The van der Waals surface area contributed by atoms with Gasteiger partial charge in [-0.15, -0.1) is 0 Å². The lowest BCUT2D eigenvalue weighted by Gasteiger charge is -2.00. The molecule has 0 aliphatic heterocycles. The maximum absolute atomic E-state index is 4.11. The van der Waals surface area contributed by atoms with Crippen molar-refractivity contribution < 1.29 is 0 Å². The summed E-state index contributed by atoms with van der Waals surface area (Å²) in [6, 6.07) is 4.09. The zero-order valence-corrected chi connectivity index (χ0v) is 9.09. The van der Waals surface area contributed by atoms with Gasteiger partial charge in [0.25, 0.3) is 0 Å². The van der Waals surface area contributed by atoms with Gasteiger partial charge in [-0.05, 0) is 25.0 Å². The van der Waals surface area contributed by atoms with E-state index in [0.29, 0.717) is 0 Å². The van der Waals surface area contributed by atoms with Crippen molar-refractivity contribution in [1.82, 2.24) is 15.2 Å². The van der Waals surface area contributed by atoms with Gasteiger partial charge >= 0.3 is 0 Å². The number of aryl methyl sites for hydroxylation is 1. The molecule has 80 valence electrons. The zero-order chi connectivity index (χ0) is 10.5. The van der Waals surface area contributed by atoms with Gasteiger partial charge in [-0.1, -0.05) is 19.8 Å². The quantitative estimate of drug-likeness (QED) is 0.720. The van der Waals surface area contributed by atoms with E-state index in [1.165, 1.54) is 30.5 Å². The van der Waals surface area contributed by atoms with E-state index in [4.69, 9.17) is 0 Å². The predicted molar refractivity (Wildman–Crippen MR) is 61.6 cm³/mol. The average Bonchev–Trinajstić information content (AvgIpc) is 2.87. The average molecular weight is 203 g/mol. The van der Waals surface area contributed by atoms with Crippen LogP contribution in [0.15, 0.2) is 24.5 Å². The highest BCUT2D eigenvalue weighted by molar-refractivity contribution is 5.61. The van der Waals surface area contributed by atoms with Crippen LogP contribution in [-0.2, 0) is 6.42 Å². The lowest BCUT2D eigenvalue weighted by molar-refractivity contribution is 0.706. The van der Waals surface area contributed by atoms with Crippen LogP contribution in [0.2, 0.25) is 0 Å². The summed E-state index contributed by atoms with van der Waals surface area (Å²) in [6.07, 6.45) is 8.69. The Morgan fingerprint density at radius 2 is 2.27 bits per heavy atom. The summed E-state index contributed by atoms with van der Waals surface area (Å²) in [5.41, 5.74) is 3.59. The molecule has 3 nitrogen and oxygen atoms in total. The van der Waals surface area contributed by atoms with E-state index < -0.39 is 0 Å². The fraction of sp³-hybridized carbons (Fsp3) is 0.417. The van der Waals surface area contributed by atoms with Crippen molar-refractivity contribution in [3.8, 4) is 11.3 Å². The normalized spacial score (nSPS) is 10.7. The molecule has 2 heterocycles. The topological polar surface area (TPSA) is 44.5 Å². The van der Waals surface area contributed by atoms with Gasteiger partial charge in [-0.25, -0.2) is 0 Å². The maximum Gasteiger partial charge on any atom is 0.0583 e. The van der Waals surface area contributed by atoms with Gasteiger partial charge in [0.15, 0.2) is 0 Å². The molecular formula is C12H17N3. The Hall–Kier alpha value is -1.51. The van der Waals surface area contributed by atoms with E-state index in [9.17, 15) is 0 Å². The van der Waals surface area contributed by atoms with E-state index in [1.807, 2.05) is 18.5 Å². The number of hydrogen-bond donors (Lipinski definition) is 2. The first-order valence-electron chi connectivity index (χ1n) is 5.58. The number of rotatable bonds is 5. The van der Waals surface area contributed by atoms with Crippen LogP contribution in [0.4, 0.5) is 0 Å². The first-order valence-corrected chi connectivity index (χ1v) is 5.58. The number of unbranched alkanes of at least 4 members (excludes halogenated alkanes) is 2. The second kappa shape index (κ2) is 4.82. The van der Waals surface area contributed by atoms with Gasteiger partial charge in [0.05, 0.1) is 6.20 Å². The molecule has 0 aromatic carbocycles. The Morgan fingerprint density at radius 1 is 1.33 bits per heavy atom. The zero-order valence-electron chi connectivity index (χ0n) is 9.09. The molecule has 0 saturated heterocycles. The molecule has 0 bridgehead atoms. The molecule has 0 fully saturated rings. The van der Waals surface area contributed by atoms with E-state index >= 15 is 0 Å². The maximum atomic E-state index is 4.11. The van der Waals surface area contributed by atoms with Crippen LogP contribution in [0.5, 0.6) is 0 Å². The van der Waals surface area contributed by atoms with Crippen LogP contribution in [0, 0.1) is 0 Å². The highest BCUT2D eigenvalue weighted by atomic mass is 15.1. The molecule has 0 aliphatic carbocycles. The SMILES string of the molecule is CCCCCc1[nH]ncc1-c1ccc[nH]1. The van der Waals surface area contributed by atoms with E-state index in [-0.39, 0.29) is 0 Å². The number of nitrogens with one attached hydrogen (secondary N) is 2. The largest absolute Gasteiger partial charge is 0.361 e. The third kappa shape index (κ3) is 2.29. The Bertz CT molecular complexity index is 387. The highest BCUT2D eigenvalue weighted by Gasteiger charge is 2.07. The molecule has 2 N–H and O–H groups in total. The summed E-state index contributed by atoms with van der Waals surface area (Å²) in [7, 11) is 0. The smallest absolute Gasteiger partial charge is 0.0583 e. The van der Waals surface area contributed by atoms with Crippen molar-refractivity contribution in [2.24, 2.45) is 0 Å². The molecular weight excluding hydrogens is 186 g/mol. The lowest BCUT2D eigenvalue weighted by atomic mass is 10.1. The van der Waals surface area contributed by atoms with Crippen molar-refractivity contribution in [3.63, 3.8) is 0 Å². The number of nitrogens with zero attached hydrogens (tertiary/aromatic N) is 1. The highest BCUT2D eigenvalue weighted by Crippen LogP contribution is 2.21. The predicted octanol–water partition coefficient (Wildman–Crippen LogP) is 3.14. The van der Waals surface area contributed by atoms with E-state index in [0.717, 1.165) is 12.1 Å². The summed E-state index contributed by atoms with van der Waals surface area (Å²) in [5, 5.41) is 7.19. The molecule has 0 spiro atoms. The summed E-state index contributed by atoms with van der Waals surface area (Å²) >= 11 is 0. The minimum Gasteiger partial charge on any atom is -0.361 e. The van der Waals surface area contributed by atoms with Crippen molar-refractivity contribution in [2.75, 3.05) is 0 Å². The molecule has 0 saturated carbocycles. The van der Waals surface area contributed by atoms with E-state index in [1.54, 1.807) is 0 Å². The van der Waals surface area contributed by atoms with Crippen LogP contribution in [0.1, 0.15) is 31.9 Å². The number of H-pyrrole nitrogens is 2. The molecule has 2 aromatic rings. The third-order valence-electron chi connectivity index (χ3n) is 2.64. The first-order chi connectivity index (χ1) is 7.42. The van der Waals surface area contributed by atoms with Crippen LogP contribution >= 0.6 is 0 Å². The minimum atomic E-state index is 1.09. The minimum absolute atomic E-state index is 1.09. The summed E-state index contributed by atoms with van der Waals surface area (Å²) in [6.45, 7) is 2.22. The van der Waals surface area contributed by atoms with Crippen molar-refractivity contribution in [1.29, 1.82) is 0 Å². The summed E-state index contributed by atoms with van der Waals surface area (Å²) in [4.78, 5) is 3.21. The Labute approximate surface area is 89.9 Å². The molecule has 2 rings (SSSR count). The van der Waals surface area contributed by atoms with Crippen LogP contribution < -0.4 is 0 Å². The fourth-order valence-electron chi connectivity index (χ4n) is 1.79. The van der Waals surface area contributed by atoms with Gasteiger partial charge in [-0.3, -0.25) is 5.10 Å². The Morgan fingerprint density at radius 3 is 3.00 bits per heavy atom. The van der Waals surface area contributed by atoms with Gasteiger partial charge < -0.3 is 4.98 Å². The first kappa shape index (κ1) is 10.0. The molecule has 0 unspecified atom stereocenters. The van der Waals surface area contributed by atoms with Gasteiger partial charge in [-0.2, -0.15) is 5.10 Å². The molecule has 0 atom stereocenters. The molecule has 0 radical (unpaired) electrons. The number of hydrogen-bond acceptors (Lipinski definition) is 1. The number of aromatic nitrogens is 3. The standard InChI is InChI=1S/C12H17N3/c1-2-3-4-6-12-10(9-14-15-12)11-7-5-8-13-11/h5,7-9,13H,2-4,6H2,1H3,(H,14,15). The molecule has 0 amide bonds.